The van der Waals surface area contributed by atoms with Gasteiger partial charge in [0.2, 0.25) is 11.8 Å². The van der Waals surface area contributed by atoms with Crippen molar-refractivity contribution >= 4 is 11.8 Å². The summed E-state index contributed by atoms with van der Waals surface area (Å²) in [5, 5.41) is 0. The summed E-state index contributed by atoms with van der Waals surface area (Å²) in [7, 11) is 0. The van der Waals surface area contributed by atoms with Crippen molar-refractivity contribution in [2.24, 2.45) is 9.98 Å². The predicted molar refractivity (Wildman–Crippen MR) is 108 cm³/mol. The summed E-state index contributed by atoms with van der Waals surface area (Å²) in [6.45, 7) is 1.05. The molecule has 0 N–H and O–H groups in total. The molecule has 1 aromatic heterocycles. The second kappa shape index (κ2) is 13.5. The molecular formula is C23H19Cl3N3NdO2. The summed E-state index contributed by atoms with van der Waals surface area (Å²) in [4.78, 5) is 14.1. The van der Waals surface area contributed by atoms with Crippen molar-refractivity contribution in [3.63, 3.8) is 0 Å². The van der Waals surface area contributed by atoms with Crippen LogP contribution in [-0.4, -0.2) is 30.0 Å². The van der Waals surface area contributed by atoms with E-state index in [1.165, 1.54) is 0 Å². The predicted octanol–water partition coefficient (Wildman–Crippen LogP) is -4.87. The topological polar surface area (TPSA) is 56.1 Å². The van der Waals surface area contributed by atoms with Crippen molar-refractivity contribution in [2.45, 2.75) is 12.1 Å². The molecule has 2 atom stereocenters. The number of pyridine rings is 1. The number of benzene rings is 2. The maximum atomic E-state index is 5.82. The van der Waals surface area contributed by atoms with Gasteiger partial charge < -0.3 is 46.7 Å². The van der Waals surface area contributed by atoms with Crippen molar-refractivity contribution in [1.29, 1.82) is 0 Å². The van der Waals surface area contributed by atoms with Crippen molar-refractivity contribution in [1.82, 2.24) is 4.98 Å². The van der Waals surface area contributed by atoms with E-state index in [0.717, 1.165) is 11.1 Å². The van der Waals surface area contributed by atoms with Crippen molar-refractivity contribution in [3.8, 4) is 0 Å². The molecule has 0 aliphatic carbocycles. The van der Waals surface area contributed by atoms with Crippen molar-refractivity contribution in [2.75, 3.05) is 13.2 Å². The smallest absolute Gasteiger partial charge is 1.00 e. The van der Waals surface area contributed by atoms with E-state index in [-0.39, 0.29) is 90.1 Å². The maximum Gasteiger partial charge on any atom is 3.00 e. The number of aliphatic imine (C=N–C) groups is 2. The third-order valence-corrected chi connectivity index (χ3v) is 4.86. The average molecular weight is 620 g/mol. The second-order valence-corrected chi connectivity index (χ2v) is 6.75. The number of hydrogen-bond donors (Lipinski definition) is 0. The average Bonchev–Trinajstić information content (AvgIpc) is 3.46. The van der Waals surface area contributed by atoms with Gasteiger partial charge in [0.05, 0.1) is 0 Å². The molecule has 163 valence electrons. The largest absolute Gasteiger partial charge is 3.00 e. The van der Waals surface area contributed by atoms with Gasteiger partial charge in [-0.25, -0.2) is 15.0 Å². The molecule has 0 saturated heterocycles. The molecule has 2 aromatic carbocycles. The molecule has 1 radical (unpaired) electrons. The minimum absolute atomic E-state index is 0. The van der Waals surface area contributed by atoms with Crippen LogP contribution in [0.2, 0.25) is 0 Å². The Bertz CT molecular complexity index is 972. The molecule has 0 saturated carbocycles. The second-order valence-electron chi connectivity index (χ2n) is 6.75. The first-order valence-corrected chi connectivity index (χ1v) is 9.36. The van der Waals surface area contributed by atoms with Crippen LogP contribution in [0.15, 0.2) is 88.8 Å². The molecule has 5 rings (SSSR count). The van der Waals surface area contributed by atoms with E-state index >= 15 is 0 Å². The van der Waals surface area contributed by atoms with Crippen LogP contribution in [0.4, 0.5) is 0 Å². The molecule has 2 aliphatic heterocycles. The number of nitrogens with zero attached hydrogens (tertiary/aromatic N) is 3. The van der Waals surface area contributed by atoms with Crippen LogP contribution in [-0.2, 0) is 9.47 Å². The van der Waals surface area contributed by atoms with Crippen LogP contribution in [0.1, 0.15) is 34.6 Å². The molecule has 2 unspecified atom stereocenters. The minimum Gasteiger partial charge on any atom is -1.00 e. The van der Waals surface area contributed by atoms with E-state index in [4.69, 9.17) is 19.5 Å². The van der Waals surface area contributed by atoms with Crippen molar-refractivity contribution in [3.05, 3.63) is 101 Å². The fraction of sp³-hybridized carbons (Fsp3) is 0.174. The SMILES string of the molecule is [Cl-].[Cl-].[Cl-].[Nd+3].c1ccc(C2COC(c3cccc(C4=NC(c5ccccc5)CO4)n3)=N2)cc1. The Morgan fingerprint density at radius 1 is 0.562 bits per heavy atom. The molecule has 0 fully saturated rings. The fourth-order valence-electron chi connectivity index (χ4n) is 3.39. The third kappa shape index (κ3) is 6.41. The summed E-state index contributed by atoms with van der Waals surface area (Å²) >= 11 is 0. The quantitative estimate of drug-likeness (QED) is 0.295. The molecule has 9 heteroatoms. The third-order valence-electron chi connectivity index (χ3n) is 4.86. The first-order valence-electron chi connectivity index (χ1n) is 9.36. The Morgan fingerprint density at radius 3 is 1.38 bits per heavy atom. The molecule has 0 bridgehead atoms. The number of rotatable bonds is 4. The summed E-state index contributed by atoms with van der Waals surface area (Å²) in [5.74, 6) is 1.13. The monoisotopic (exact) mass is 616 g/mol. The Labute approximate surface area is 238 Å². The first-order chi connectivity index (χ1) is 13.9. The fourth-order valence-corrected chi connectivity index (χ4v) is 3.39. The minimum atomic E-state index is 0. The molecule has 0 amide bonds. The van der Waals surface area contributed by atoms with Gasteiger partial charge in [0.15, 0.2) is 0 Å². The molecule has 32 heavy (non-hydrogen) atoms. The van der Waals surface area contributed by atoms with Gasteiger partial charge in [0.25, 0.3) is 0 Å². The molecule has 5 nitrogen and oxygen atoms in total. The maximum absolute atomic E-state index is 5.82. The van der Waals surface area contributed by atoms with Crippen LogP contribution >= 0.6 is 0 Å². The van der Waals surface area contributed by atoms with Gasteiger partial charge in [0.1, 0.15) is 36.7 Å². The van der Waals surface area contributed by atoms with E-state index in [1.807, 2.05) is 54.6 Å². The van der Waals surface area contributed by atoms with Gasteiger partial charge in [-0.2, -0.15) is 0 Å². The van der Waals surface area contributed by atoms with Gasteiger partial charge in [0, 0.05) is 0 Å². The van der Waals surface area contributed by atoms with Gasteiger partial charge in [-0.15, -0.1) is 0 Å². The van der Waals surface area contributed by atoms with Crippen LogP contribution < -0.4 is 37.2 Å². The van der Waals surface area contributed by atoms with E-state index in [9.17, 15) is 0 Å². The Balaban J connectivity index is 0.00000128. The Morgan fingerprint density at radius 2 is 0.969 bits per heavy atom. The standard InChI is InChI=1S/C23H19N3O2.3ClH.Nd/c1-3-8-16(9-4-1)20-14-27-22(25-20)18-12-7-13-19(24-18)23-26-21(15-28-23)17-10-5-2-6-11-17;;;;/h1-13,20-21H,14-15H2;3*1H;/q;;;;+3/p-3. The van der Waals surface area contributed by atoms with Gasteiger partial charge >= 0.3 is 40.8 Å². The number of ether oxygens (including phenoxy) is 2. The van der Waals surface area contributed by atoms with Gasteiger partial charge in [-0.05, 0) is 23.3 Å². The van der Waals surface area contributed by atoms with Crippen LogP contribution in [0, 0.1) is 40.8 Å². The number of halogens is 3. The molecule has 3 heterocycles. The Kier molecular flexibility index (Phi) is 12.1. The zero-order chi connectivity index (χ0) is 18.8. The van der Waals surface area contributed by atoms with E-state index < -0.39 is 0 Å². The van der Waals surface area contributed by atoms with Crippen LogP contribution in [0.5, 0.6) is 0 Å². The summed E-state index contributed by atoms with van der Waals surface area (Å²) in [5.41, 5.74) is 3.68. The van der Waals surface area contributed by atoms with E-state index in [1.54, 1.807) is 0 Å². The molecule has 0 spiro atoms. The normalized spacial score (nSPS) is 18.2. The van der Waals surface area contributed by atoms with E-state index in [0.29, 0.717) is 36.4 Å². The van der Waals surface area contributed by atoms with Gasteiger partial charge in [-0.1, -0.05) is 66.7 Å². The zero-order valence-electron chi connectivity index (χ0n) is 16.9. The summed E-state index contributed by atoms with van der Waals surface area (Å²) in [6, 6.07) is 26.1. The molecule has 2 aliphatic rings. The van der Waals surface area contributed by atoms with Crippen LogP contribution in [0.3, 0.4) is 0 Å². The first kappa shape index (κ1) is 28.8. The van der Waals surface area contributed by atoms with Crippen LogP contribution in [0.25, 0.3) is 0 Å². The summed E-state index contributed by atoms with van der Waals surface area (Å²) in [6.07, 6.45) is 0. The van der Waals surface area contributed by atoms with Crippen molar-refractivity contribution < 1.29 is 87.5 Å². The summed E-state index contributed by atoms with van der Waals surface area (Å²) < 4.78 is 11.6. The van der Waals surface area contributed by atoms with Gasteiger partial charge in [-0.3, -0.25) is 0 Å². The molecular weight excluding hydrogens is 601 g/mol. The number of hydrogen-bond acceptors (Lipinski definition) is 5. The number of aromatic nitrogens is 1. The molecule has 3 aromatic rings. The Hall–Kier alpha value is -1.25. The zero-order valence-corrected chi connectivity index (χ0v) is 22.3. The van der Waals surface area contributed by atoms with E-state index in [2.05, 4.69) is 29.2 Å².